The van der Waals surface area contributed by atoms with Crippen molar-refractivity contribution in [3.8, 4) is 0 Å². The summed E-state index contributed by atoms with van der Waals surface area (Å²) in [7, 11) is 0. The Morgan fingerprint density at radius 3 is 2.05 bits per heavy atom. The van der Waals surface area contributed by atoms with Gasteiger partial charge in [-0.2, -0.15) is 0 Å². The molecule has 0 unspecified atom stereocenters. The summed E-state index contributed by atoms with van der Waals surface area (Å²) >= 11 is 11.7. The zero-order chi connectivity index (χ0) is 14.8. The van der Waals surface area contributed by atoms with Gasteiger partial charge in [-0.15, -0.1) is 0 Å². The van der Waals surface area contributed by atoms with Crippen LogP contribution in [0.2, 0.25) is 10.3 Å². The number of pyridine rings is 1. The first-order chi connectivity index (χ1) is 8.49. The highest BCUT2D eigenvalue weighted by atomic mass is 35.5. The number of alkyl carbamates (subject to hydrolysis) is 1. The summed E-state index contributed by atoms with van der Waals surface area (Å²) in [4.78, 5) is 15.7. The summed E-state index contributed by atoms with van der Waals surface area (Å²) in [6.45, 7) is 9.08. The minimum Gasteiger partial charge on any atom is -0.444 e. The lowest BCUT2D eigenvalue weighted by Crippen LogP contribution is -2.43. The van der Waals surface area contributed by atoms with Crippen LogP contribution in [-0.2, 0) is 10.3 Å². The van der Waals surface area contributed by atoms with Crippen molar-refractivity contribution < 1.29 is 9.53 Å². The van der Waals surface area contributed by atoms with Crippen LogP contribution in [0.15, 0.2) is 12.1 Å². The minimum absolute atomic E-state index is 0.279. The van der Waals surface area contributed by atoms with Crippen molar-refractivity contribution in [3.63, 3.8) is 0 Å². The second-order valence-corrected chi connectivity index (χ2v) is 6.53. The van der Waals surface area contributed by atoms with Crippen molar-refractivity contribution in [1.82, 2.24) is 10.3 Å². The van der Waals surface area contributed by atoms with Crippen molar-refractivity contribution in [2.75, 3.05) is 0 Å². The third kappa shape index (κ3) is 5.25. The zero-order valence-electron chi connectivity index (χ0n) is 11.7. The first-order valence-electron chi connectivity index (χ1n) is 5.84. The van der Waals surface area contributed by atoms with Gasteiger partial charge in [-0.25, -0.2) is 9.78 Å². The normalized spacial score (nSPS) is 12.2. The smallest absolute Gasteiger partial charge is 0.408 e. The average Bonchev–Trinajstić information content (AvgIpc) is 2.11. The minimum atomic E-state index is -0.668. The molecule has 4 nitrogen and oxygen atoms in total. The van der Waals surface area contributed by atoms with Gasteiger partial charge in [0.2, 0.25) is 0 Å². The van der Waals surface area contributed by atoms with Crippen LogP contribution in [0, 0.1) is 0 Å². The van der Waals surface area contributed by atoms with E-state index in [-0.39, 0.29) is 10.3 Å². The number of halogens is 2. The molecular formula is C13H18Cl2N2O2. The van der Waals surface area contributed by atoms with Gasteiger partial charge in [-0.05, 0) is 52.3 Å². The molecule has 19 heavy (non-hydrogen) atoms. The van der Waals surface area contributed by atoms with Crippen molar-refractivity contribution in [1.29, 1.82) is 0 Å². The van der Waals surface area contributed by atoms with Gasteiger partial charge in [0, 0.05) is 0 Å². The van der Waals surface area contributed by atoms with Crippen LogP contribution in [0.1, 0.15) is 40.2 Å². The van der Waals surface area contributed by atoms with Crippen LogP contribution >= 0.6 is 23.2 Å². The molecule has 106 valence electrons. The number of aromatic nitrogens is 1. The number of nitrogens with one attached hydrogen (secondary N) is 1. The number of hydrogen-bond acceptors (Lipinski definition) is 3. The largest absolute Gasteiger partial charge is 0.444 e. The fourth-order valence-electron chi connectivity index (χ4n) is 1.46. The van der Waals surface area contributed by atoms with E-state index < -0.39 is 17.2 Å². The molecule has 0 aromatic carbocycles. The Kier molecular flexibility index (Phi) is 4.69. The molecule has 0 atom stereocenters. The van der Waals surface area contributed by atoms with Gasteiger partial charge in [-0.3, -0.25) is 0 Å². The van der Waals surface area contributed by atoms with Crippen LogP contribution in [0.25, 0.3) is 0 Å². The molecular weight excluding hydrogens is 287 g/mol. The Morgan fingerprint density at radius 1 is 1.16 bits per heavy atom. The van der Waals surface area contributed by atoms with Gasteiger partial charge in [0.05, 0.1) is 5.54 Å². The predicted molar refractivity (Wildman–Crippen MR) is 76.7 cm³/mol. The lowest BCUT2D eigenvalue weighted by Gasteiger charge is -2.29. The number of carbonyl (C=O) groups is 1. The topological polar surface area (TPSA) is 51.2 Å². The van der Waals surface area contributed by atoms with E-state index in [1.807, 2.05) is 13.8 Å². The molecule has 1 N–H and O–H groups in total. The van der Waals surface area contributed by atoms with E-state index in [0.717, 1.165) is 5.56 Å². The van der Waals surface area contributed by atoms with Gasteiger partial charge in [-0.1, -0.05) is 23.2 Å². The third-order valence-electron chi connectivity index (χ3n) is 2.30. The molecule has 0 aliphatic heterocycles. The van der Waals surface area contributed by atoms with Crippen LogP contribution in [0.4, 0.5) is 4.79 Å². The molecule has 0 spiro atoms. The number of nitrogens with zero attached hydrogens (tertiary/aromatic N) is 1. The first-order valence-corrected chi connectivity index (χ1v) is 6.60. The highest BCUT2D eigenvalue weighted by Crippen LogP contribution is 2.25. The van der Waals surface area contributed by atoms with Gasteiger partial charge >= 0.3 is 6.09 Å². The molecule has 1 rings (SSSR count). The third-order valence-corrected chi connectivity index (χ3v) is 2.69. The van der Waals surface area contributed by atoms with E-state index in [9.17, 15) is 4.79 Å². The molecule has 0 bridgehead atoms. The number of hydrogen-bond donors (Lipinski definition) is 1. The second kappa shape index (κ2) is 5.55. The van der Waals surface area contributed by atoms with Crippen LogP contribution < -0.4 is 5.32 Å². The molecule has 0 radical (unpaired) electrons. The molecule has 0 aliphatic rings. The lowest BCUT2D eigenvalue weighted by molar-refractivity contribution is 0.0470. The monoisotopic (exact) mass is 304 g/mol. The van der Waals surface area contributed by atoms with Gasteiger partial charge in [0.25, 0.3) is 0 Å². The van der Waals surface area contributed by atoms with Crippen LogP contribution in [0.5, 0.6) is 0 Å². The zero-order valence-corrected chi connectivity index (χ0v) is 13.2. The van der Waals surface area contributed by atoms with E-state index in [4.69, 9.17) is 27.9 Å². The van der Waals surface area contributed by atoms with Crippen molar-refractivity contribution in [2.45, 2.75) is 45.8 Å². The highest BCUT2D eigenvalue weighted by Gasteiger charge is 2.27. The van der Waals surface area contributed by atoms with E-state index in [2.05, 4.69) is 10.3 Å². The molecule has 1 amide bonds. The van der Waals surface area contributed by atoms with E-state index in [1.165, 1.54) is 0 Å². The average molecular weight is 305 g/mol. The first kappa shape index (κ1) is 16.1. The van der Waals surface area contributed by atoms with Crippen molar-refractivity contribution in [3.05, 3.63) is 28.0 Å². The summed E-state index contributed by atoms with van der Waals surface area (Å²) in [6, 6.07) is 3.32. The molecule has 0 fully saturated rings. The maximum absolute atomic E-state index is 11.8. The number of ether oxygens (including phenoxy) is 1. The molecule has 6 heteroatoms. The molecule has 0 saturated heterocycles. The number of carbonyl (C=O) groups excluding carboxylic acids is 1. The molecule has 1 aromatic rings. The van der Waals surface area contributed by atoms with E-state index >= 15 is 0 Å². The van der Waals surface area contributed by atoms with E-state index in [0.29, 0.717) is 0 Å². The van der Waals surface area contributed by atoms with E-state index in [1.54, 1.807) is 32.9 Å². The Bertz CT molecular complexity index is 462. The predicted octanol–water partition coefficient (Wildman–Crippen LogP) is 4.15. The molecule has 1 aromatic heterocycles. The summed E-state index contributed by atoms with van der Waals surface area (Å²) in [6.07, 6.45) is -0.499. The molecule has 0 saturated carbocycles. The van der Waals surface area contributed by atoms with Crippen LogP contribution in [-0.4, -0.2) is 16.7 Å². The standard InChI is InChI=1S/C13H18Cl2N2O2/c1-12(2,3)19-11(18)17-13(4,5)8-6-9(14)16-10(15)7-8/h6-7H,1-5H3,(H,17,18). The fourth-order valence-corrected chi connectivity index (χ4v) is 1.92. The second-order valence-electron chi connectivity index (χ2n) is 5.75. The Morgan fingerprint density at radius 2 is 1.63 bits per heavy atom. The summed E-state index contributed by atoms with van der Waals surface area (Å²) in [5.41, 5.74) is -0.463. The Labute approximate surface area is 123 Å². The summed E-state index contributed by atoms with van der Waals surface area (Å²) in [5.74, 6) is 0. The fraction of sp³-hybridized carbons (Fsp3) is 0.538. The maximum Gasteiger partial charge on any atom is 0.408 e. The van der Waals surface area contributed by atoms with Gasteiger partial charge in [0.1, 0.15) is 15.9 Å². The Hall–Kier alpha value is -1.00. The summed E-state index contributed by atoms with van der Waals surface area (Å²) in [5, 5.41) is 3.34. The molecule has 0 aliphatic carbocycles. The van der Waals surface area contributed by atoms with Gasteiger partial charge in [0.15, 0.2) is 0 Å². The Balaban J connectivity index is 2.88. The van der Waals surface area contributed by atoms with Gasteiger partial charge < -0.3 is 10.1 Å². The number of amides is 1. The highest BCUT2D eigenvalue weighted by molar-refractivity contribution is 6.32. The lowest BCUT2D eigenvalue weighted by atomic mass is 9.96. The maximum atomic E-state index is 11.8. The SMILES string of the molecule is CC(C)(C)OC(=O)NC(C)(C)c1cc(Cl)nc(Cl)c1. The molecule has 1 heterocycles. The van der Waals surface area contributed by atoms with Crippen LogP contribution in [0.3, 0.4) is 0 Å². The number of rotatable bonds is 2. The summed E-state index contributed by atoms with van der Waals surface area (Å²) < 4.78 is 5.22. The quantitative estimate of drug-likeness (QED) is 0.835. The van der Waals surface area contributed by atoms with Crippen molar-refractivity contribution >= 4 is 29.3 Å². The van der Waals surface area contributed by atoms with Crippen molar-refractivity contribution in [2.24, 2.45) is 0 Å².